The minimum absolute atomic E-state index is 0.00475. The Balaban J connectivity index is 1.73. The van der Waals surface area contributed by atoms with Crippen LogP contribution in [-0.2, 0) is 9.59 Å². The van der Waals surface area contributed by atoms with E-state index >= 15 is 0 Å². The molecule has 0 aliphatic carbocycles. The molecule has 2 amide bonds. The summed E-state index contributed by atoms with van der Waals surface area (Å²) in [5, 5.41) is 8.46. The summed E-state index contributed by atoms with van der Waals surface area (Å²) in [6.07, 6.45) is 3.94. The zero-order chi connectivity index (χ0) is 18.2. The van der Waals surface area contributed by atoms with Crippen LogP contribution >= 0.6 is 0 Å². The summed E-state index contributed by atoms with van der Waals surface area (Å²) in [4.78, 5) is 25.2. The fourth-order valence-corrected chi connectivity index (χ4v) is 3.25. The zero-order valence-corrected chi connectivity index (χ0v) is 14.3. The number of hydrogen-bond donors (Lipinski definition) is 3. The first-order valence-corrected chi connectivity index (χ1v) is 8.71. The van der Waals surface area contributed by atoms with Crippen LogP contribution in [0.1, 0.15) is 50.1 Å². The first-order valence-electron chi connectivity index (χ1n) is 8.71. The second-order valence-corrected chi connectivity index (χ2v) is 6.62. The highest BCUT2D eigenvalue weighted by atomic mass is 19.1. The first-order chi connectivity index (χ1) is 12.0. The standard InChI is InChI=1S/C18H26FN3O3/c19-15-5-2-4-14(11-15)16(20)12-18(24)22-9-7-13(8-10-22)3-1-6-17(23)21-25/h2,4-5,11,13,16,25H,1,3,6-10,12,20H2,(H,21,23). The van der Waals surface area contributed by atoms with E-state index in [0.717, 1.165) is 25.7 Å². The topological polar surface area (TPSA) is 95.7 Å². The summed E-state index contributed by atoms with van der Waals surface area (Å²) in [5.41, 5.74) is 8.30. The van der Waals surface area contributed by atoms with Gasteiger partial charge in [0.15, 0.2) is 0 Å². The lowest BCUT2D eigenvalue weighted by Gasteiger charge is -2.32. The fourth-order valence-electron chi connectivity index (χ4n) is 3.25. The molecule has 138 valence electrons. The van der Waals surface area contributed by atoms with Crippen molar-refractivity contribution in [2.45, 2.75) is 44.6 Å². The van der Waals surface area contributed by atoms with Gasteiger partial charge in [-0.15, -0.1) is 0 Å². The molecule has 1 aliphatic heterocycles. The lowest BCUT2D eigenvalue weighted by atomic mass is 9.91. The van der Waals surface area contributed by atoms with Crippen molar-refractivity contribution in [1.29, 1.82) is 0 Å². The Morgan fingerprint density at radius 1 is 1.36 bits per heavy atom. The van der Waals surface area contributed by atoms with Crippen molar-refractivity contribution in [1.82, 2.24) is 10.4 Å². The first kappa shape index (κ1) is 19.3. The van der Waals surface area contributed by atoms with E-state index in [2.05, 4.69) is 0 Å². The van der Waals surface area contributed by atoms with Crippen molar-refractivity contribution >= 4 is 11.8 Å². The number of likely N-dealkylation sites (tertiary alicyclic amines) is 1. The van der Waals surface area contributed by atoms with Gasteiger partial charge in [0.2, 0.25) is 11.8 Å². The van der Waals surface area contributed by atoms with Crippen LogP contribution in [0.5, 0.6) is 0 Å². The average Bonchev–Trinajstić information content (AvgIpc) is 2.62. The van der Waals surface area contributed by atoms with Gasteiger partial charge in [0, 0.05) is 32.0 Å². The number of carbonyl (C=O) groups excluding carboxylic acids is 2. The van der Waals surface area contributed by atoms with Crippen molar-refractivity contribution in [2.24, 2.45) is 11.7 Å². The summed E-state index contributed by atoms with van der Waals surface area (Å²) in [7, 11) is 0. The molecule has 1 saturated heterocycles. The molecule has 1 heterocycles. The molecule has 0 saturated carbocycles. The Kier molecular flexibility index (Phi) is 7.33. The molecule has 0 bridgehead atoms. The Hall–Kier alpha value is -1.99. The molecule has 1 aromatic carbocycles. The molecule has 1 aromatic rings. The maximum Gasteiger partial charge on any atom is 0.243 e. The average molecular weight is 351 g/mol. The number of hydroxylamine groups is 1. The van der Waals surface area contributed by atoms with Crippen molar-refractivity contribution in [3.05, 3.63) is 35.6 Å². The SMILES string of the molecule is NC(CC(=O)N1CCC(CCCC(=O)NO)CC1)c1cccc(F)c1. The molecular weight excluding hydrogens is 325 g/mol. The monoisotopic (exact) mass is 351 g/mol. The maximum atomic E-state index is 13.2. The molecule has 4 N–H and O–H groups in total. The van der Waals surface area contributed by atoms with Gasteiger partial charge < -0.3 is 10.6 Å². The van der Waals surface area contributed by atoms with Gasteiger partial charge in [-0.1, -0.05) is 12.1 Å². The van der Waals surface area contributed by atoms with Crippen LogP contribution in [-0.4, -0.2) is 35.0 Å². The van der Waals surface area contributed by atoms with Gasteiger partial charge in [-0.25, -0.2) is 9.87 Å². The molecule has 6 nitrogen and oxygen atoms in total. The molecule has 25 heavy (non-hydrogen) atoms. The summed E-state index contributed by atoms with van der Waals surface area (Å²) >= 11 is 0. The van der Waals surface area contributed by atoms with E-state index < -0.39 is 6.04 Å². The Morgan fingerprint density at radius 2 is 2.08 bits per heavy atom. The molecular formula is C18H26FN3O3. The van der Waals surface area contributed by atoms with Crippen LogP contribution in [0.25, 0.3) is 0 Å². The number of piperidine rings is 1. The third-order valence-electron chi connectivity index (χ3n) is 4.78. The minimum atomic E-state index is -0.502. The summed E-state index contributed by atoms with van der Waals surface area (Å²) in [5.74, 6) is -0.225. The smallest absolute Gasteiger partial charge is 0.243 e. The quantitative estimate of drug-likeness (QED) is 0.518. The number of nitrogens with one attached hydrogen (secondary N) is 1. The third-order valence-corrected chi connectivity index (χ3v) is 4.78. The van der Waals surface area contributed by atoms with Crippen LogP contribution in [0.4, 0.5) is 4.39 Å². The molecule has 1 aliphatic rings. The maximum absolute atomic E-state index is 13.2. The van der Waals surface area contributed by atoms with Crippen molar-refractivity contribution in [2.75, 3.05) is 13.1 Å². The van der Waals surface area contributed by atoms with Crippen molar-refractivity contribution in [3.63, 3.8) is 0 Å². The lowest BCUT2D eigenvalue weighted by molar-refractivity contribution is -0.133. The summed E-state index contributed by atoms with van der Waals surface area (Å²) < 4.78 is 13.2. The van der Waals surface area contributed by atoms with E-state index in [1.165, 1.54) is 12.1 Å². The molecule has 1 unspecified atom stereocenters. The number of carbonyl (C=O) groups is 2. The van der Waals surface area contributed by atoms with Gasteiger partial charge >= 0.3 is 0 Å². The minimum Gasteiger partial charge on any atom is -0.343 e. The van der Waals surface area contributed by atoms with Gasteiger partial charge in [-0.3, -0.25) is 14.8 Å². The van der Waals surface area contributed by atoms with E-state index in [0.29, 0.717) is 31.0 Å². The highest BCUT2D eigenvalue weighted by Gasteiger charge is 2.24. The number of benzene rings is 1. The molecule has 7 heteroatoms. The summed E-state index contributed by atoms with van der Waals surface area (Å²) in [6.45, 7) is 1.37. The van der Waals surface area contributed by atoms with E-state index in [1.807, 2.05) is 4.90 Å². The Bertz CT molecular complexity index is 589. The molecule has 1 atom stereocenters. The molecule has 2 rings (SSSR count). The molecule has 0 spiro atoms. The van der Waals surface area contributed by atoms with Gasteiger partial charge in [-0.05, 0) is 49.3 Å². The summed E-state index contributed by atoms with van der Waals surface area (Å²) in [6, 6.07) is 5.55. The predicted octanol–water partition coefficient (Wildman–Crippen LogP) is 2.13. The normalized spacial score (nSPS) is 16.5. The van der Waals surface area contributed by atoms with E-state index in [9.17, 15) is 14.0 Å². The molecule has 0 radical (unpaired) electrons. The second kappa shape index (κ2) is 9.48. The van der Waals surface area contributed by atoms with Crippen LogP contribution in [0.3, 0.4) is 0 Å². The Labute approximate surface area is 147 Å². The third kappa shape index (κ3) is 6.10. The van der Waals surface area contributed by atoms with Crippen LogP contribution in [0.15, 0.2) is 24.3 Å². The fraction of sp³-hybridized carbons (Fsp3) is 0.556. The number of nitrogens with two attached hydrogens (primary N) is 1. The number of rotatable bonds is 7. The number of hydrogen-bond acceptors (Lipinski definition) is 4. The van der Waals surface area contributed by atoms with E-state index in [-0.39, 0.29) is 24.1 Å². The van der Waals surface area contributed by atoms with Crippen molar-refractivity contribution < 1.29 is 19.2 Å². The van der Waals surface area contributed by atoms with Crippen molar-refractivity contribution in [3.8, 4) is 0 Å². The van der Waals surface area contributed by atoms with E-state index in [4.69, 9.17) is 10.9 Å². The van der Waals surface area contributed by atoms with Gasteiger partial charge in [0.1, 0.15) is 5.82 Å². The largest absolute Gasteiger partial charge is 0.343 e. The molecule has 1 fully saturated rings. The highest BCUT2D eigenvalue weighted by Crippen LogP contribution is 2.24. The second-order valence-electron chi connectivity index (χ2n) is 6.62. The van der Waals surface area contributed by atoms with Gasteiger partial charge in [0.05, 0.1) is 0 Å². The van der Waals surface area contributed by atoms with Gasteiger partial charge in [0.25, 0.3) is 0 Å². The predicted molar refractivity (Wildman–Crippen MR) is 91.0 cm³/mol. The van der Waals surface area contributed by atoms with Crippen LogP contribution in [0.2, 0.25) is 0 Å². The zero-order valence-electron chi connectivity index (χ0n) is 14.3. The van der Waals surface area contributed by atoms with Crippen LogP contribution in [0, 0.1) is 11.7 Å². The molecule has 0 aromatic heterocycles. The number of halogens is 1. The van der Waals surface area contributed by atoms with Crippen LogP contribution < -0.4 is 11.2 Å². The number of nitrogens with zero attached hydrogens (tertiary/aromatic N) is 1. The van der Waals surface area contributed by atoms with E-state index in [1.54, 1.807) is 17.6 Å². The van der Waals surface area contributed by atoms with Gasteiger partial charge in [-0.2, -0.15) is 0 Å². The Morgan fingerprint density at radius 3 is 2.72 bits per heavy atom. The lowest BCUT2D eigenvalue weighted by Crippen LogP contribution is -2.39. The highest BCUT2D eigenvalue weighted by molar-refractivity contribution is 5.77. The number of amides is 2.